The minimum Gasteiger partial charge on any atom is -0.380 e. The molecule has 0 heterocycles. The van der Waals surface area contributed by atoms with Crippen LogP contribution in [-0.4, -0.2) is 27.4 Å². The van der Waals surface area contributed by atoms with Gasteiger partial charge in [0.05, 0.1) is 13.2 Å². The van der Waals surface area contributed by atoms with Crippen molar-refractivity contribution in [3.63, 3.8) is 0 Å². The molecule has 13 heavy (non-hydrogen) atoms. The Hall–Kier alpha value is -0.600. The zero-order valence-corrected chi connectivity index (χ0v) is 8.72. The minimum atomic E-state index is 0.739. The summed E-state index contributed by atoms with van der Waals surface area (Å²) in [5.74, 6) is 0. The summed E-state index contributed by atoms with van der Waals surface area (Å²) in [4.78, 5) is 0. The van der Waals surface area contributed by atoms with Gasteiger partial charge in [-0.3, -0.25) is 0 Å². The molecule has 0 radical (unpaired) electrons. The highest BCUT2D eigenvalue weighted by molar-refractivity contribution is 5.29. The minimum absolute atomic E-state index is 0.739. The largest absolute Gasteiger partial charge is 0.380 e. The molecular weight excluding hydrogens is 164 g/mol. The summed E-state index contributed by atoms with van der Waals surface area (Å²) in [7, 11) is 3.48. The van der Waals surface area contributed by atoms with Gasteiger partial charge < -0.3 is 9.47 Å². The van der Waals surface area contributed by atoms with Gasteiger partial charge in [-0.2, -0.15) is 0 Å². The summed E-state index contributed by atoms with van der Waals surface area (Å²) < 4.78 is 10.3. The first-order valence-electron chi connectivity index (χ1n) is 4.61. The van der Waals surface area contributed by atoms with E-state index < -0.39 is 0 Å². The molecule has 0 unspecified atom stereocenters. The van der Waals surface area contributed by atoms with Crippen LogP contribution >= 0.6 is 0 Å². The number of allylic oxidation sites excluding steroid dienone is 2. The van der Waals surface area contributed by atoms with Gasteiger partial charge in [-0.25, -0.2) is 0 Å². The SMILES string of the molecule is COCC1=C(COC)CC(C)=CC1. The average molecular weight is 182 g/mol. The van der Waals surface area contributed by atoms with Gasteiger partial charge in [-0.05, 0) is 30.9 Å². The molecule has 0 saturated heterocycles. The van der Waals surface area contributed by atoms with E-state index in [0.29, 0.717) is 0 Å². The van der Waals surface area contributed by atoms with Crippen molar-refractivity contribution in [2.24, 2.45) is 0 Å². The number of methoxy groups -OCH3 is 2. The van der Waals surface area contributed by atoms with Gasteiger partial charge in [0.2, 0.25) is 0 Å². The Morgan fingerprint density at radius 1 is 1.15 bits per heavy atom. The molecule has 0 spiro atoms. The van der Waals surface area contributed by atoms with Crippen LogP contribution in [0.5, 0.6) is 0 Å². The maximum Gasteiger partial charge on any atom is 0.0679 e. The van der Waals surface area contributed by atoms with Crippen molar-refractivity contribution in [2.75, 3.05) is 27.4 Å². The Bertz CT molecular complexity index is 226. The molecule has 1 aliphatic rings. The molecule has 1 aliphatic carbocycles. The highest BCUT2D eigenvalue weighted by atomic mass is 16.5. The topological polar surface area (TPSA) is 18.5 Å². The van der Waals surface area contributed by atoms with Gasteiger partial charge >= 0.3 is 0 Å². The molecule has 0 N–H and O–H groups in total. The molecule has 0 saturated carbocycles. The molecule has 2 nitrogen and oxygen atoms in total. The number of hydrogen-bond acceptors (Lipinski definition) is 2. The number of ether oxygens (including phenoxy) is 2. The molecule has 0 bridgehead atoms. The first-order chi connectivity index (χ1) is 6.27. The third kappa shape index (κ3) is 2.98. The highest BCUT2D eigenvalue weighted by Gasteiger charge is 2.11. The van der Waals surface area contributed by atoms with Crippen molar-refractivity contribution < 1.29 is 9.47 Å². The second kappa shape index (κ2) is 5.20. The molecular formula is C11H18O2. The zero-order chi connectivity index (χ0) is 9.68. The van der Waals surface area contributed by atoms with E-state index in [4.69, 9.17) is 9.47 Å². The fraction of sp³-hybridized carbons (Fsp3) is 0.636. The Balaban J connectivity index is 2.65. The maximum absolute atomic E-state index is 5.17. The summed E-state index contributed by atoms with van der Waals surface area (Å²) in [6.45, 7) is 3.64. The zero-order valence-electron chi connectivity index (χ0n) is 8.72. The van der Waals surface area contributed by atoms with Crippen LogP contribution in [0, 0.1) is 0 Å². The number of rotatable bonds is 4. The van der Waals surface area contributed by atoms with Crippen molar-refractivity contribution in [2.45, 2.75) is 19.8 Å². The molecule has 0 fully saturated rings. The summed E-state index contributed by atoms with van der Waals surface area (Å²) in [5, 5.41) is 0. The van der Waals surface area contributed by atoms with Gasteiger partial charge in [0.25, 0.3) is 0 Å². The van der Waals surface area contributed by atoms with Crippen LogP contribution in [0.15, 0.2) is 22.8 Å². The van der Waals surface area contributed by atoms with E-state index >= 15 is 0 Å². The van der Waals surface area contributed by atoms with Crippen molar-refractivity contribution >= 4 is 0 Å². The van der Waals surface area contributed by atoms with Crippen LogP contribution in [0.3, 0.4) is 0 Å². The average Bonchev–Trinajstić information content (AvgIpc) is 2.10. The van der Waals surface area contributed by atoms with Crippen LogP contribution in [0.2, 0.25) is 0 Å². The highest BCUT2D eigenvalue weighted by Crippen LogP contribution is 2.24. The molecule has 0 aromatic carbocycles. The van der Waals surface area contributed by atoms with Crippen LogP contribution in [0.4, 0.5) is 0 Å². The van der Waals surface area contributed by atoms with Gasteiger partial charge in [-0.1, -0.05) is 11.6 Å². The second-order valence-corrected chi connectivity index (χ2v) is 3.50. The van der Waals surface area contributed by atoms with E-state index in [0.717, 1.165) is 26.1 Å². The fourth-order valence-electron chi connectivity index (χ4n) is 1.64. The summed E-state index contributed by atoms with van der Waals surface area (Å²) in [6.07, 6.45) is 4.35. The van der Waals surface area contributed by atoms with Crippen LogP contribution in [-0.2, 0) is 9.47 Å². The van der Waals surface area contributed by atoms with Crippen molar-refractivity contribution in [1.82, 2.24) is 0 Å². The van der Waals surface area contributed by atoms with E-state index in [9.17, 15) is 0 Å². The quantitative estimate of drug-likeness (QED) is 0.621. The molecule has 0 atom stereocenters. The van der Waals surface area contributed by atoms with Gasteiger partial charge in [-0.15, -0.1) is 0 Å². The van der Waals surface area contributed by atoms with E-state index in [1.165, 1.54) is 16.7 Å². The van der Waals surface area contributed by atoms with Gasteiger partial charge in [0.1, 0.15) is 0 Å². The maximum atomic E-state index is 5.17. The van der Waals surface area contributed by atoms with Crippen molar-refractivity contribution in [3.8, 4) is 0 Å². The van der Waals surface area contributed by atoms with Crippen molar-refractivity contribution in [3.05, 3.63) is 22.8 Å². The van der Waals surface area contributed by atoms with E-state index in [1.807, 2.05) is 0 Å². The smallest absolute Gasteiger partial charge is 0.0679 e. The summed E-state index contributed by atoms with van der Waals surface area (Å²) in [6, 6.07) is 0. The van der Waals surface area contributed by atoms with E-state index in [1.54, 1.807) is 14.2 Å². The molecule has 0 amide bonds. The van der Waals surface area contributed by atoms with E-state index in [2.05, 4.69) is 13.0 Å². The Kier molecular flexibility index (Phi) is 4.19. The molecule has 0 aromatic heterocycles. The number of hydrogen-bond donors (Lipinski definition) is 0. The normalized spacial score (nSPS) is 17.6. The molecule has 0 aliphatic heterocycles. The van der Waals surface area contributed by atoms with Crippen LogP contribution in [0.25, 0.3) is 0 Å². The van der Waals surface area contributed by atoms with Gasteiger partial charge in [0.15, 0.2) is 0 Å². The van der Waals surface area contributed by atoms with E-state index in [-0.39, 0.29) is 0 Å². The lowest BCUT2D eigenvalue weighted by Gasteiger charge is -2.18. The van der Waals surface area contributed by atoms with Crippen LogP contribution in [0.1, 0.15) is 19.8 Å². The fourth-order valence-corrected chi connectivity index (χ4v) is 1.64. The van der Waals surface area contributed by atoms with Crippen LogP contribution < -0.4 is 0 Å². The summed E-state index contributed by atoms with van der Waals surface area (Å²) in [5.41, 5.74) is 4.21. The second-order valence-electron chi connectivity index (χ2n) is 3.50. The first kappa shape index (κ1) is 10.5. The lowest BCUT2D eigenvalue weighted by molar-refractivity contribution is 0.208. The third-order valence-electron chi connectivity index (χ3n) is 2.33. The lowest BCUT2D eigenvalue weighted by atomic mass is 9.93. The first-order valence-corrected chi connectivity index (χ1v) is 4.61. The lowest BCUT2D eigenvalue weighted by Crippen LogP contribution is -2.08. The predicted molar refractivity (Wildman–Crippen MR) is 53.8 cm³/mol. The molecule has 74 valence electrons. The Morgan fingerprint density at radius 3 is 2.38 bits per heavy atom. The molecule has 1 rings (SSSR count). The Labute approximate surface area is 80.2 Å². The van der Waals surface area contributed by atoms with Gasteiger partial charge in [0, 0.05) is 14.2 Å². The standard InChI is InChI=1S/C11H18O2/c1-9-4-5-10(7-12-2)11(6-9)8-13-3/h4H,5-8H2,1-3H3. The van der Waals surface area contributed by atoms with Crippen molar-refractivity contribution in [1.29, 1.82) is 0 Å². The Morgan fingerprint density at radius 2 is 1.77 bits per heavy atom. The predicted octanol–water partition coefficient (Wildman–Crippen LogP) is 2.32. The molecule has 2 heteroatoms. The molecule has 0 aromatic rings. The summed E-state index contributed by atoms with van der Waals surface area (Å²) >= 11 is 0. The monoisotopic (exact) mass is 182 g/mol. The third-order valence-corrected chi connectivity index (χ3v) is 2.33.